The first kappa shape index (κ1) is 9.93. The zero-order valence-electron chi connectivity index (χ0n) is 8.12. The van der Waals surface area contributed by atoms with Gasteiger partial charge in [0.1, 0.15) is 0 Å². The van der Waals surface area contributed by atoms with E-state index in [2.05, 4.69) is 4.98 Å². The molecule has 1 aromatic heterocycles. The van der Waals surface area contributed by atoms with Gasteiger partial charge in [0.25, 0.3) is 0 Å². The van der Waals surface area contributed by atoms with Crippen LogP contribution >= 0.6 is 11.6 Å². The lowest BCUT2D eigenvalue weighted by Gasteiger charge is -2.04. The van der Waals surface area contributed by atoms with E-state index in [1.54, 1.807) is 24.3 Å². The molecule has 2 aromatic rings. The van der Waals surface area contributed by atoms with Crippen molar-refractivity contribution in [2.45, 2.75) is 6.92 Å². The van der Waals surface area contributed by atoms with Gasteiger partial charge >= 0.3 is 0 Å². The van der Waals surface area contributed by atoms with Gasteiger partial charge in [0.2, 0.25) is 5.91 Å². The molecule has 3 nitrogen and oxygen atoms in total. The smallest absolute Gasteiger partial charge is 0.249 e. The zero-order chi connectivity index (χ0) is 11.0. The Kier molecular flexibility index (Phi) is 2.32. The molecule has 0 saturated carbocycles. The molecule has 0 saturated heterocycles. The van der Waals surface area contributed by atoms with Crippen LogP contribution in [0.2, 0.25) is 5.02 Å². The highest BCUT2D eigenvalue weighted by atomic mass is 35.5. The second-order valence-corrected chi connectivity index (χ2v) is 3.77. The molecule has 0 fully saturated rings. The molecule has 1 aromatic carbocycles. The van der Waals surface area contributed by atoms with E-state index in [-0.39, 0.29) is 0 Å². The highest BCUT2D eigenvalue weighted by molar-refractivity contribution is 6.31. The van der Waals surface area contributed by atoms with E-state index in [0.29, 0.717) is 16.0 Å². The Morgan fingerprint density at radius 2 is 2.13 bits per heavy atom. The SMILES string of the molecule is Cc1cc(C(N)=O)c2cc(Cl)ccc2n1. The molecule has 0 aliphatic heterocycles. The maximum absolute atomic E-state index is 11.2. The molecular weight excluding hydrogens is 212 g/mol. The van der Waals surface area contributed by atoms with Gasteiger partial charge < -0.3 is 5.73 Å². The number of benzene rings is 1. The number of primary amides is 1. The molecule has 15 heavy (non-hydrogen) atoms. The molecule has 1 amide bonds. The molecule has 2 rings (SSSR count). The predicted octanol–water partition coefficient (Wildman–Crippen LogP) is 2.30. The standard InChI is InChI=1S/C11H9ClN2O/c1-6-4-9(11(13)15)8-5-7(12)2-3-10(8)14-6/h2-5H,1H3,(H2,13,15). The third-order valence-corrected chi connectivity index (χ3v) is 2.40. The summed E-state index contributed by atoms with van der Waals surface area (Å²) in [5.41, 5.74) is 7.24. The molecular formula is C11H9ClN2O. The van der Waals surface area contributed by atoms with Gasteiger partial charge in [-0.25, -0.2) is 0 Å². The predicted molar refractivity (Wildman–Crippen MR) is 60.0 cm³/mol. The van der Waals surface area contributed by atoms with E-state index in [4.69, 9.17) is 17.3 Å². The van der Waals surface area contributed by atoms with Gasteiger partial charge in [-0.2, -0.15) is 0 Å². The maximum atomic E-state index is 11.2. The van der Waals surface area contributed by atoms with Gasteiger partial charge in [-0.05, 0) is 31.2 Å². The summed E-state index contributed by atoms with van der Waals surface area (Å²) in [5.74, 6) is -0.465. The minimum atomic E-state index is -0.465. The Morgan fingerprint density at radius 1 is 1.40 bits per heavy atom. The van der Waals surface area contributed by atoms with Crippen LogP contribution in [0.3, 0.4) is 0 Å². The van der Waals surface area contributed by atoms with E-state index in [0.717, 1.165) is 11.2 Å². The van der Waals surface area contributed by atoms with Crippen molar-refractivity contribution in [1.29, 1.82) is 0 Å². The van der Waals surface area contributed by atoms with Crippen LogP contribution in [0.1, 0.15) is 16.1 Å². The molecule has 0 unspecified atom stereocenters. The first-order valence-corrected chi connectivity index (χ1v) is 4.82. The van der Waals surface area contributed by atoms with Crippen molar-refractivity contribution >= 4 is 28.4 Å². The highest BCUT2D eigenvalue weighted by Crippen LogP contribution is 2.22. The van der Waals surface area contributed by atoms with E-state index in [1.165, 1.54) is 0 Å². The van der Waals surface area contributed by atoms with Crippen molar-refractivity contribution in [2.75, 3.05) is 0 Å². The lowest BCUT2D eigenvalue weighted by Crippen LogP contribution is -2.12. The first-order valence-electron chi connectivity index (χ1n) is 4.44. The van der Waals surface area contributed by atoms with Gasteiger partial charge in [-0.1, -0.05) is 11.6 Å². The summed E-state index contributed by atoms with van der Waals surface area (Å²) in [4.78, 5) is 15.5. The molecule has 0 spiro atoms. The number of fused-ring (bicyclic) bond motifs is 1. The summed E-state index contributed by atoms with van der Waals surface area (Å²) < 4.78 is 0. The van der Waals surface area contributed by atoms with E-state index < -0.39 is 5.91 Å². The monoisotopic (exact) mass is 220 g/mol. The average Bonchev–Trinajstić information content (AvgIpc) is 2.17. The minimum Gasteiger partial charge on any atom is -0.366 e. The quantitative estimate of drug-likeness (QED) is 0.802. The van der Waals surface area contributed by atoms with Crippen LogP contribution in [-0.4, -0.2) is 10.9 Å². The fraction of sp³-hybridized carbons (Fsp3) is 0.0909. The van der Waals surface area contributed by atoms with Crippen molar-refractivity contribution < 1.29 is 4.79 Å². The summed E-state index contributed by atoms with van der Waals surface area (Å²) in [6, 6.07) is 6.88. The summed E-state index contributed by atoms with van der Waals surface area (Å²) in [7, 11) is 0. The number of nitrogens with two attached hydrogens (primary N) is 1. The molecule has 76 valence electrons. The highest BCUT2D eigenvalue weighted by Gasteiger charge is 2.08. The number of hydrogen-bond acceptors (Lipinski definition) is 2. The molecule has 0 aliphatic rings. The van der Waals surface area contributed by atoms with E-state index in [1.807, 2.05) is 6.92 Å². The van der Waals surface area contributed by atoms with Crippen LogP contribution < -0.4 is 5.73 Å². The van der Waals surface area contributed by atoms with Crippen molar-refractivity contribution in [3.8, 4) is 0 Å². The number of hydrogen-bond donors (Lipinski definition) is 1. The second-order valence-electron chi connectivity index (χ2n) is 3.34. The Hall–Kier alpha value is -1.61. The van der Waals surface area contributed by atoms with Crippen LogP contribution in [-0.2, 0) is 0 Å². The zero-order valence-corrected chi connectivity index (χ0v) is 8.88. The largest absolute Gasteiger partial charge is 0.366 e. The summed E-state index contributed by atoms with van der Waals surface area (Å²) in [5, 5.41) is 1.26. The van der Waals surface area contributed by atoms with Gasteiger partial charge in [-0.15, -0.1) is 0 Å². The molecule has 0 atom stereocenters. The normalized spacial score (nSPS) is 10.5. The summed E-state index contributed by atoms with van der Waals surface area (Å²) in [6.07, 6.45) is 0. The summed E-state index contributed by atoms with van der Waals surface area (Å²) in [6.45, 7) is 1.82. The molecule has 0 bridgehead atoms. The maximum Gasteiger partial charge on any atom is 0.249 e. The van der Waals surface area contributed by atoms with Gasteiger partial charge in [0, 0.05) is 16.1 Å². The van der Waals surface area contributed by atoms with Gasteiger partial charge in [0.05, 0.1) is 11.1 Å². The molecule has 0 radical (unpaired) electrons. The number of carbonyl (C=O) groups excluding carboxylic acids is 1. The Balaban J connectivity index is 2.87. The first-order chi connectivity index (χ1) is 7.08. The lowest BCUT2D eigenvalue weighted by atomic mass is 10.1. The van der Waals surface area contributed by atoms with Crippen LogP contribution in [0, 0.1) is 6.92 Å². The number of aromatic nitrogens is 1. The number of halogens is 1. The molecule has 4 heteroatoms. The number of nitrogens with zero attached hydrogens (tertiary/aromatic N) is 1. The molecule has 0 aliphatic carbocycles. The van der Waals surface area contributed by atoms with Crippen molar-refractivity contribution in [3.63, 3.8) is 0 Å². The van der Waals surface area contributed by atoms with Gasteiger partial charge in [0.15, 0.2) is 0 Å². The van der Waals surface area contributed by atoms with Crippen molar-refractivity contribution in [3.05, 3.63) is 40.5 Å². The fourth-order valence-electron chi connectivity index (χ4n) is 1.53. The number of aryl methyl sites for hydroxylation is 1. The number of carbonyl (C=O) groups is 1. The minimum absolute atomic E-state index is 0.458. The van der Waals surface area contributed by atoms with Crippen LogP contribution in [0.25, 0.3) is 10.9 Å². The lowest BCUT2D eigenvalue weighted by molar-refractivity contribution is 0.100. The third-order valence-electron chi connectivity index (χ3n) is 2.16. The van der Waals surface area contributed by atoms with Crippen molar-refractivity contribution in [1.82, 2.24) is 4.98 Å². The average molecular weight is 221 g/mol. The van der Waals surface area contributed by atoms with Crippen molar-refractivity contribution in [2.24, 2.45) is 5.73 Å². The molecule has 1 heterocycles. The third kappa shape index (κ3) is 1.78. The Labute approximate surface area is 91.9 Å². The van der Waals surface area contributed by atoms with Gasteiger partial charge in [-0.3, -0.25) is 9.78 Å². The molecule has 2 N–H and O–H groups in total. The number of rotatable bonds is 1. The Morgan fingerprint density at radius 3 is 2.80 bits per heavy atom. The topological polar surface area (TPSA) is 56.0 Å². The van der Waals surface area contributed by atoms with Crippen LogP contribution in [0.5, 0.6) is 0 Å². The van der Waals surface area contributed by atoms with Crippen LogP contribution in [0.15, 0.2) is 24.3 Å². The fourth-order valence-corrected chi connectivity index (χ4v) is 1.71. The van der Waals surface area contributed by atoms with E-state index >= 15 is 0 Å². The Bertz CT molecular complexity index is 552. The van der Waals surface area contributed by atoms with E-state index in [9.17, 15) is 4.79 Å². The number of amides is 1. The second kappa shape index (κ2) is 3.51. The number of pyridine rings is 1. The summed E-state index contributed by atoms with van der Waals surface area (Å²) >= 11 is 5.86. The van der Waals surface area contributed by atoms with Crippen LogP contribution in [0.4, 0.5) is 0 Å².